The van der Waals surface area contributed by atoms with E-state index in [1.807, 2.05) is 11.1 Å². The molecule has 5 nitrogen and oxygen atoms in total. The van der Waals surface area contributed by atoms with Crippen LogP contribution >= 0.6 is 0 Å². The van der Waals surface area contributed by atoms with Crippen molar-refractivity contribution < 1.29 is 4.79 Å². The fourth-order valence-corrected chi connectivity index (χ4v) is 3.33. The second kappa shape index (κ2) is 6.43. The highest BCUT2D eigenvalue weighted by Crippen LogP contribution is 2.31. The molecule has 2 saturated heterocycles. The number of amides is 1. The highest BCUT2D eigenvalue weighted by Gasteiger charge is 2.26. The Balaban J connectivity index is 1.74. The van der Waals surface area contributed by atoms with E-state index in [1.165, 1.54) is 12.0 Å². The van der Waals surface area contributed by atoms with Crippen LogP contribution in [-0.2, 0) is 4.79 Å². The summed E-state index contributed by atoms with van der Waals surface area (Å²) in [4.78, 5) is 20.7. The molecule has 3 rings (SSSR count). The quantitative estimate of drug-likeness (QED) is 0.897. The molecule has 5 heteroatoms. The lowest BCUT2D eigenvalue weighted by Gasteiger charge is -2.35. The Morgan fingerprint density at radius 3 is 2.71 bits per heavy atom. The van der Waals surface area contributed by atoms with E-state index in [0.717, 1.165) is 51.4 Å². The Bertz CT molecular complexity index is 482. The third kappa shape index (κ3) is 3.18. The molecular formula is C16H24N4O. The van der Waals surface area contributed by atoms with Crippen molar-refractivity contribution in [2.24, 2.45) is 0 Å². The number of anilines is 1. The van der Waals surface area contributed by atoms with Gasteiger partial charge in [-0.1, -0.05) is 6.07 Å². The Hall–Kier alpha value is -1.62. The number of piperidine rings is 1. The number of rotatable bonds is 2. The van der Waals surface area contributed by atoms with E-state index in [4.69, 9.17) is 0 Å². The van der Waals surface area contributed by atoms with Gasteiger partial charge in [-0.05, 0) is 30.9 Å². The summed E-state index contributed by atoms with van der Waals surface area (Å²) in [5.74, 6) is 1.22. The minimum atomic E-state index is 0.172. The number of aromatic nitrogens is 1. The molecule has 2 fully saturated rings. The van der Waals surface area contributed by atoms with Crippen LogP contribution in [0.3, 0.4) is 0 Å². The largest absolute Gasteiger partial charge is 0.354 e. The molecule has 0 saturated carbocycles. The van der Waals surface area contributed by atoms with Crippen LogP contribution in [0.2, 0.25) is 0 Å². The molecule has 0 aliphatic carbocycles. The van der Waals surface area contributed by atoms with E-state index in [0.29, 0.717) is 0 Å². The molecule has 1 atom stereocenters. The van der Waals surface area contributed by atoms with Crippen LogP contribution in [0.15, 0.2) is 18.3 Å². The molecule has 2 aliphatic rings. The first-order chi connectivity index (χ1) is 10.3. The van der Waals surface area contributed by atoms with Crippen molar-refractivity contribution in [1.82, 2.24) is 15.2 Å². The second-order valence-corrected chi connectivity index (χ2v) is 5.91. The van der Waals surface area contributed by atoms with Gasteiger partial charge in [0.15, 0.2) is 0 Å². The molecule has 0 spiro atoms. The average molecular weight is 288 g/mol. The highest BCUT2D eigenvalue weighted by molar-refractivity contribution is 5.74. The Labute approximate surface area is 126 Å². The third-order valence-electron chi connectivity index (χ3n) is 4.50. The molecule has 0 radical (unpaired) electrons. The van der Waals surface area contributed by atoms with Crippen LogP contribution in [0.25, 0.3) is 0 Å². The van der Waals surface area contributed by atoms with E-state index in [2.05, 4.69) is 27.3 Å². The molecule has 2 aliphatic heterocycles. The number of carbonyl (C=O) groups excluding carboxylic acids is 1. The standard InChI is InChI=1S/C16H24N4O/c1-13(21)20-9-3-2-4-15(20)14-5-6-16(18-12-14)19-10-7-17-8-11-19/h5-6,12,15,17H,2-4,7-11H2,1H3/t15-/m0/s1. The SMILES string of the molecule is CC(=O)N1CCCC[C@H]1c1ccc(N2CCNCC2)nc1. The summed E-state index contributed by atoms with van der Waals surface area (Å²) < 4.78 is 0. The second-order valence-electron chi connectivity index (χ2n) is 5.91. The smallest absolute Gasteiger partial charge is 0.219 e. The van der Waals surface area contributed by atoms with Gasteiger partial charge in [-0.15, -0.1) is 0 Å². The zero-order valence-electron chi connectivity index (χ0n) is 12.7. The van der Waals surface area contributed by atoms with Gasteiger partial charge in [0.05, 0.1) is 6.04 Å². The molecule has 0 aromatic carbocycles. The minimum Gasteiger partial charge on any atom is -0.354 e. The first-order valence-electron chi connectivity index (χ1n) is 7.94. The predicted octanol–water partition coefficient (Wildman–Crippen LogP) is 1.56. The summed E-state index contributed by atoms with van der Waals surface area (Å²) in [5, 5.41) is 3.35. The fraction of sp³-hybridized carbons (Fsp3) is 0.625. The lowest BCUT2D eigenvalue weighted by Crippen LogP contribution is -2.43. The maximum atomic E-state index is 11.8. The van der Waals surface area contributed by atoms with Crippen LogP contribution in [0.5, 0.6) is 0 Å². The van der Waals surface area contributed by atoms with Crippen molar-refractivity contribution in [3.05, 3.63) is 23.9 Å². The first kappa shape index (κ1) is 14.3. The van der Waals surface area contributed by atoms with Gasteiger partial charge in [-0.2, -0.15) is 0 Å². The van der Waals surface area contributed by atoms with Gasteiger partial charge < -0.3 is 15.1 Å². The van der Waals surface area contributed by atoms with Crippen molar-refractivity contribution in [1.29, 1.82) is 0 Å². The number of likely N-dealkylation sites (tertiary alicyclic amines) is 1. The van der Waals surface area contributed by atoms with E-state index >= 15 is 0 Å². The summed E-state index contributed by atoms with van der Waals surface area (Å²) >= 11 is 0. The first-order valence-corrected chi connectivity index (χ1v) is 7.94. The molecule has 1 aromatic heterocycles. The average Bonchev–Trinajstić information content (AvgIpc) is 2.56. The maximum absolute atomic E-state index is 11.8. The van der Waals surface area contributed by atoms with Crippen LogP contribution in [0.4, 0.5) is 5.82 Å². The van der Waals surface area contributed by atoms with Crippen LogP contribution in [-0.4, -0.2) is 48.5 Å². The van der Waals surface area contributed by atoms with Gasteiger partial charge in [0.25, 0.3) is 0 Å². The number of carbonyl (C=O) groups is 1. The number of hydrogen-bond donors (Lipinski definition) is 1. The van der Waals surface area contributed by atoms with Gasteiger partial charge in [-0.3, -0.25) is 4.79 Å². The summed E-state index contributed by atoms with van der Waals surface area (Å²) in [5.41, 5.74) is 1.17. The number of nitrogens with zero attached hydrogens (tertiary/aromatic N) is 3. The number of piperazine rings is 1. The van der Waals surface area contributed by atoms with Crippen molar-refractivity contribution in [2.45, 2.75) is 32.2 Å². The van der Waals surface area contributed by atoms with Crippen molar-refractivity contribution in [3.63, 3.8) is 0 Å². The lowest BCUT2D eigenvalue weighted by molar-refractivity contribution is -0.132. The van der Waals surface area contributed by atoms with E-state index < -0.39 is 0 Å². The van der Waals surface area contributed by atoms with Gasteiger partial charge >= 0.3 is 0 Å². The lowest BCUT2D eigenvalue weighted by atomic mass is 9.96. The van der Waals surface area contributed by atoms with Crippen LogP contribution in [0, 0.1) is 0 Å². The molecule has 1 aromatic rings. The zero-order chi connectivity index (χ0) is 14.7. The summed E-state index contributed by atoms with van der Waals surface area (Å²) in [6.07, 6.45) is 5.31. The summed E-state index contributed by atoms with van der Waals surface area (Å²) in [7, 11) is 0. The van der Waals surface area contributed by atoms with Crippen molar-refractivity contribution in [3.8, 4) is 0 Å². The highest BCUT2D eigenvalue weighted by atomic mass is 16.2. The maximum Gasteiger partial charge on any atom is 0.219 e. The summed E-state index contributed by atoms with van der Waals surface area (Å²) in [6.45, 7) is 6.60. The number of pyridine rings is 1. The Morgan fingerprint density at radius 1 is 1.24 bits per heavy atom. The van der Waals surface area contributed by atoms with Gasteiger partial charge in [0.1, 0.15) is 5.82 Å². The topological polar surface area (TPSA) is 48.5 Å². The molecule has 0 bridgehead atoms. The monoisotopic (exact) mass is 288 g/mol. The molecule has 114 valence electrons. The molecule has 0 unspecified atom stereocenters. The van der Waals surface area contributed by atoms with Crippen molar-refractivity contribution >= 4 is 11.7 Å². The van der Waals surface area contributed by atoms with Gasteiger partial charge in [0, 0.05) is 45.8 Å². The van der Waals surface area contributed by atoms with E-state index in [-0.39, 0.29) is 11.9 Å². The Morgan fingerprint density at radius 2 is 2.05 bits per heavy atom. The van der Waals surface area contributed by atoms with Gasteiger partial charge in [0.2, 0.25) is 5.91 Å². The molecule has 21 heavy (non-hydrogen) atoms. The van der Waals surface area contributed by atoms with Gasteiger partial charge in [-0.25, -0.2) is 4.98 Å². The fourth-order valence-electron chi connectivity index (χ4n) is 3.33. The van der Waals surface area contributed by atoms with Crippen LogP contribution in [0.1, 0.15) is 37.8 Å². The molecule has 1 amide bonds. The molecular weight excluding hydrogens is 264 g/mol. The molecule has 3 heterocycles. The van der Waals surface area contributed by atoms with E-state index in [9.17, 15) is 4.79 Å². The third-order valence-corrected chi connectivity index (χ3v) is 4.50. The normalized spacial score (nSPS) is 23.2. The molecule has 1 N–H and O–H groups in total. The Kier molecular flexibility index (Phi) is 4.39. The van der Waals surface area contributed by atoms with Crippen molar-refractivity contribution in [2.75, 3.05) is 37.6 Å². The minimum absolute atomic E-state index is 0.172. The van der Waals surface area contributed by atoms with Crippen LogP contribution < -0.4 is 10.2 Å². The van der Waals surface area contributed by atoms with E-state index in [1.54, 1.807) is 6.92 Å². The number of nitrogens with one attached hydrogen (secondary N) is 1. The number of hydrogen-bond acceptors (Lipinski definition) is 4. The zero-order valence-corrected chi connectivity index (χ0v) is 12.7. The predicted molar refractivity (Wildman–Crippen MR) is 83.3 cm³/mol. The summed E-state index contributed by atoms with van der Waals surface area (Å²) in [6, 6.07) is 4.46.